The van der Waals surface area contributed by atoms with Gasteiger partial charge in [-0.05, 0) is 38.3 Å². The lowest BCUT2D eigenvalue weighted by atomic mass is 10.1. The summed E-state index contributed by atoms with van der Waals surface area (Å²) in [6.07, 6.45) is 0. The van der Waals surface area contributed by atoms with Crippen molar-refractivity contribution in [3.8, 4) is 5.95 Å². The number of hydrogen-bond donors (Lipinski definition) is 0. The Labute approximate surface area is 180 Å². The molecule has 0 N–H and O–H groups in total. The largest absolute Gasteiger partial charge is 0.332 e. The SMILES string of the molecule is Cc1ccc(Cn2c(-n3nc(C)cc3C)nc3c2c(=O)n(CC(C)C)c(=O)n3C)cc1. The highest BCUT2D eigenvalue weighted by atomic mass is 16.2. The second kappa shape index (κ2) is 7.68. The van der Waals surface area contributed by atoms with Gasteiger partial charge in [0.25, 0.3) is 5.56 Å². The van der Waals surface area contributed by atoms with Crippen molar-refractivity contribution in [1.29, 1.82) is 0 Å². The molecule has 0 unspecified atom stereocenters. The van der Waals surface area contributed by atoms with Crippen LogP contribution in [-0.2, 0) is 20.1 Å². The number of hydrogen-bond acceptors (Lipinski definition) is 4. The number of imidazole rings is 1. The maximum Gasteiger partial charge on any atom is 0.332 e. The fourth-order valence-corrected chi connectivity index (χ4v) is 3.91. The van der Waals surface area contributed by atoms with Crippen molar-refractivity contribution in [2.45, 2.75) is 47.7 Å². The summed E-state index contributed by atoms with van der Waals surface area (Å²) in [7, 11) is 1.66. The molecule has 0 aliphatic rings. The zero-order valence-corrected chi connectivity index (χ0v) is 18.9. The molecule has 8 heteroatoms. The van der Waals surface area contributed by atoms with E-state index in [9.17, 15) is 9.59 Å². The topological polar surface area (TPSA) is 79.6 Å². The van der Waals surface area contributed by atoms with E-state index in [2.05, 4.69) is 5.10 Å². The van der Waals surface area contributed by atoms with E-state index >= 15 is 0 Å². The van der Waals surface area contributed by atoms with Crippen molar-refractivity contribution in [1.82, 2.24) is 28.5 Å². The van der Waals surface area contributed by atoms with Gasteiger partial charge in [-0.1, -0.05) is 43.7 Å². The molecule has 0 aliphatic heterocycles. The average molecular weight is 421 g/mol. The van der Waals surface area contributed by atoms with E-state index in [1.807, 2.05) is 69.5 Å². The highest BCUT2D eigenvalue weighted by molar-refractivity contribution is 5.73. The lowest BCUT2D eigenvalue weighted by molar-refractivity contribution is 0.484. The van der Waals surface area contributed by atoms with Crippen LogP contribution in [-0.4, -0.2) is 28.5 Å². The molecule has 0 amide bonds. The van der Waals surface area contributed by atoms with Crippen LogP contribution >= 0.6 is 0 Å². The molecule has 0 fully saturated rings. The molecule has 0 bridgehead atoms. The minimum absolute atomic E-state index is 0.159. The number of nitrogens with zero attached hydrogens (tertiary/aromatic N) is 6. The fourth-order valence-electron chi connectivity index (χ4n) is 3.91. The third-order valence-corrected chi connectivity index (χ3v) is 5.42. The summed E-state index contributed by atoms with van der Waals surface area (Å²) >= 11 is 0. The van der Waals surface area contributed by atoms with Gasteiger partial charge in [-0.3, -0.25) is 18.5 Å². The molecule has 162 valence electrons. The van der Waals surface area contributed by atoms with Gasteiger partial charge in [0.2, 0.25) is 5.95 Å². The highest BCUT2D eigenvalue weighted by Crippen LogP contribution is 2.19. The quantitative estimate of drug-likeness (QED) is 0.497. The Balaban J connectivity index is 2.06. The summed E-state index contributed by atoms with van der Waals surface area (Å²) in [4.78, 5) is 31.1. The molecular weight excluding hydrogens is 392 g/mol. The lowest BCUT2D eigenvalue weighted by Crippen LogP contribution is -2.40. The maximum atomic E-state index is 13.5. The first-order chi connectivity index (χ1) is 14.7. The van der Waals surface area contributed by atoms with Crippen LogP contribution in [0.25, 0.3) is 17.1 Å². The lowest BCUT2D eigenvalue weighted by Gasteiger charge is -2.13. The van der Waals surface area contributed by atoms with E-state index in [0.29, 0.717) is 30.2 Å². The number of rotatable bonds is 5. The molecule has 3 heterocycles. The predicted octanol–water partition coefficient (Wildman–Crippen LogP) is 2.71. The van der Waals surface area contributed by atoms with E-state index in [1.54, 1.807) is 11.7 Å². The Morgan fingerprint density at radius 3 is 2.26 bits per heavy atom. The van der Waals surface area contributed by atoms with Crippen LogP contribution in [0.15, 0.2) is 39.9 Å². The van der Waals surface area contributed by atoms with Gasteiger partial charge in [0.1, 0.15) is 0 Å². The molecule has 0 saturated carbocycles. The molecule has 0 spiro atoms. The molecule has 0 radical (unpaired) electrons. The monoisotopic (exact) mass is 420 g/mol. The zero-order chi connectivity index (χ0) is 22.4. The standard InChI is InChI=1S/C23H28N6O2/c1-14(2)12-28-21(30)19-20(26(6)23(28)31)24-22(29-17(5)11-16(4)25-29)27(19)13-18-9-7-15(3)8-10-18/h7-11,14H,12-13H2,1-6H3. The van der Waals surface area contributed by atoms with Gasteiger partial charge >= 0.3 is 5.69 Å². The van der Waals surface area contributed by atoms with Crippen molar-refractivity contribution < 1.29 is 0 Å². The zero-order valence-electron chi connectivity index (χ0n) is 18.9. The minimum atomic E-state index is -0.355. The average Bonchev–Trinajstić information content (AvgIpc) is 3.24. The summed E-state index contributed by atoms with van der Waals surface area (Å²) in [6, 6.07) is 10.1. The first-order valence-corrected chi connectivity index (χ1v) is 10.5. The summed E-state index contributed by atoms with van der Waals surface area (Å²) in [5.74, 6) is 0.683. The molecule has 3 aromatic heterocycles. The Morgan fingerprint density at radius 2 is 1.68 bits per heavy atom. The molecule has 0 aliphatic carbocycles. The Hall–Kier alpha value is -3.42. The second-order valence-electron chi connectivity index (χ2n) is 8.65. The summed E-state index contributed by atoms with van der Waals surface area (Å²) in [5, 5.41) is 4.58. The van der Waals surface area contributed by atoms with Gasteiger partial charge in [-0.2, -0.15) is 10.1 Å². The van der Waals surface area contributed by atoms with Crippen LogP contribution < -0.4 is 11.2 Å². The van der Waals surface area contributed by atoms with E-state index < -0.39 is 0 Å². The van der Waals surface area contributed by atoms with E-state index in [0.717, 1.165) is 17.0 Å². The molecule has 4 aromatic rings. The third kappa shape index (κ3) is 3.62. The van der Waals surface area contributed by atoms with Gasteiger partial charge in [0.05, 0.1) is 12.2 Å². The van der Waals surface area contributed by atoms with Crippen molar-refractivity contribution in [2.75, 3.05) is 0 Å². The van der Waals surface area contributed by atoms with E-state index in [1.165, 1.54) is 14.7 Å². The molecule has 0 saturated heterocycles. The van der Waals surface area contributed by atoms with Crippen LogP contribution in [0.5, 0.6) is 0 Å². The van der Waals surface area contributed by atoms with Crippen LogP contribution in [0.4, 0.5) is 0 Å². The van der Waals surface area contributed by atoms with Gasteiger partial charge in [-0.25, -0.2) is 9.48 Å². The maximum absolute atomic E-state index is 13.5. The predicted molar refractivity (Wildman–Crippen MR) is 121 cm³/mol. The normalized spacial score (nSPS) is 11.7. The van der Waals surface area contributed by atoms with Crippen LogP contribution in [0.3, 0.4) is 0 Å². The molecular formula is C23H28N6O2. The van der Waals surface area contributed by atoms with Gasteiger partial charge in [0, 0.05) is 19.3 Å². The van der Waals surface area contributed by atoms with Gasteiger partial charge in [-0.15, -0.1) is 0 Å². The molecule has 1 aromatic carbocycles. The van der Waals surface area contributed by atoms with Gasteiger partial charge in [0.15, 0.2) is 11.2 Å². The number of aromatic nitrogens is 6. The Bertz CT molecular complexity index is 1380. The van der Waals surface area contributed by atoms with Crippen LogP contribution in [0.2, 0.25) is 0 Å². The first kappa shape index (κ1) is 20.8. The number of aryl methyl sites for hydroxylation is 4. The van der Waals surface area contributed by atoms with E-state index in [4.69, 9.17) is 4.98 Å². The molecule has 0 atom stereocenters. The van der Waals surface area contributed by atoms with Crippen molar-refractivity contribution >= 4 is 11.2 Å². The summed E-state index contributed by atoms with van der Waals surface area (Å²) in [6.45, 7) is 10.7. The first-order valence-electron chi connectivity index (χ1n) is 10.5. The summed E-state index contributed by atoms with van der Waals surface area (Å²) in [5.41, 5.74) is 4.07. The van der Waals surface area contributed by atoms with Crippen LogP contribution in [0.1, 0.15) is 36.4 Å². The summed E-state index contributed by atoms with van der Waals surface area (Å²) < 4.78 is 6.38. The van der Waals surface area contributed by atoms with Crippen molar-refractivity contribution in [2.24, 2.45) is 13.0 Å². The number of fused-ring (bicyclic) bond motifs is 1. The molecule has 8 nitrogen and oxygen atoms in total. The fraction of sp³-hybridized carbons (Fsp3) is 0.391. The highest BCUT2D eigenvalue weighted by Gasteiger charge is 2.23. The minimum Gasteiger partial charge on any atom is -0.298 e. The van der Waals surface area contributed by atoms with Gasteiger partial charge < -0.3 is 0 Å². The molecule has 31 heavy (non-hydrogen) atoms. The van der Waals surface area contributed by atoms with Crippen molar-refractivity contribution in [3.05, 3.63) is 73.7 Å². The Kier molecular flexibility index (Phi) is 5.16. The Morgan fingerprint density at radius 1 is 1.00 bits per heavy atom. The van der Waals surface area contributed by atoms with Crippen LogP contribution in [0, 0.1) is 26.7 Å². The smallest absolute Gasteiger partial charge is 0.298 e. The molecule has 4 rings (SSSR count). The van der Waals surface area contributed by atoms with E-state index in [-0.39, 0.29) is 17.2 Å². The number of benzene rings is 1. The second-order valence-corrected chi connectivity index (χ2v) is 8.65. The van der Waals surface area contributed by atoms with Crippen molar-refractivity contribution in [3.63, 3.8) is 0 Å². The third-order valence-electron chi connectivity index (χ3n) is 5.42.